The lowest BCUT2D eigenvalue weighted by Gasteiger charge is -2.27. The van der Waals surface area contributed by atoms with Crippen LogP contribution in [0.25, 0.3) is 0 Å². The molecule has 0 aromatic carbocycles. The number of nitrogens with zero attached hydrogens (tertiary/aromatic N) is 5. The van der Waals surface area contributed by atoms with Gasteiger partial charge >= 0.3 is 0 Å². The predicted octanol–water partition coefficient (Wildman–Crippen LogP) is 1.49. The molecule has 0 N–H and O–H groups in total. The number of aromatic nitrogens is 4. The van der Waals surface area contributed by atoms with Gasteiger partial charge in [0.15, 0.2) is 5.16 Å². The predicted molar refractivity (Wildman–Crippen MR) is 74.8 cm³/mol. The molecule has 0 radical (unpaired) electrons. The maximum Gasteiger partial charge on any atom is 0.187 e. The molecule has 3 rings (SSSR count). The van der Waals surface area contributed by atoms with E-state index in [2.05, 4.69) is 24.4 Å². The monoisotopic (exact) mass is 275 g/mol. The van der Waals surface area contributed by atoms with Crippen LogP contribution in [0.15, 0.2) is 23.9 Å². The second kappa shape index (κ2) is 5.30. The first-order valence-electron chi connectivity index (χ1n) is 6.32. The summed E-state index contributed by atoms with van der Waals surface area (Å²) in [5.74, 6) is 0. The molecule has 0 unspecified atom stereocenters. The first-order chi connectivity index (χ1) is 9.26. The summed E-state index contributed by atoms with van der Waals surface area (Å²) >= 11 is 1.60. The maximum atomic E-state index is 4.59. The Morgan fingerprint density at radius 2 is 2.26 bits per heavy atom. The van der Waals surface area contributed by atoms with Crippen LogP contribution in [0.3, 0.4) is 0 Å². The van der Waals surface area contributed by atoms with Gasteiger partial charge in [-0.2, -0.15) is 0 Å². The number of thioether (sulfide) groups is 1. The summed E-state index contributed by atoms with van der Waals surface area (Å²) < 4.78 is 2.07. The van der Waals surface area contributed by atoms with Crippen LogP contribution in [0.2, 0.25) is 0 Å². The van der Waals surface area contributed by atoms with Crippen molar-refractivity contribution in [2.75, 3.05) is 12.8 Å². The zero-order valence-corrected chi connectivity index (χ0v) is 12.0. The quantitative estimate of drug-likeness (QED) is 0.627. The Morgan fingerprint density at radius 1 is 1.37 bits per heavy atom. The fourth-order valence-electron chi connectivity index (χ4n) is 2.36. The lowest BCUT2D eigenvalue weighted by molar-refractivity contribution is 0.237. The van der Waals surface area contributed by atoms with Gasteiger partial charge in [0.05, 0.1) is 17.7 Å². The van der Waals surface area contributed by atoms with Gasteiger partial charge in [0.1, 0.15) is 0 Å². The topological polar surface area (TPSA) is 46.8 Å². The van der Waals surface area contributed by atoms with Crippen molar-refractivity contribution in [2.24, 2.45) is 7.05 Å². The smallest absolute Gasteiger partial charge is 0.187 e. The molecule has 0 fully saturated rings. The third kappa shape index (κ3) is 2.64. The van der Waals surface area contributed by atoms with Crippen molar-refractivity contribution in [1.82, 2.24) is 24.4 Å². The van der Waals surface area contributed by atoms with E-state index in [0.29, 0.717) is 0 Å². The number of hydrogen-bond donors (Lipinski definition) is 0. The molecule has 2 aromatic heterocycles. The van der Waals surface area contributed by atoms with Crippen molar-refractivity contribution in [1.29, 1.82) is 0 Å². The number of aryl methyl sites for hydroxylation is 1. The summed E-state index contributed by atoms with van der Waals surface area (Å²) in [5, 5.41) is 0.874. The molecule has 1 aliphatic rings. The Hall–Kier alpha value is -1.40. The highest BCUT2D eigenvalue weighted by atomic mass is 32.2. The molecule has 0 spiro atoms. The number of hydrogen-bond acceptors (Lipinski definition) is 5. The van der Waals surface area contributed by atoms with Crippen LogP contribution in [0.1, 0.15) is 17.0 Å². The molecule has 0 aliphatic carbocycles. The highest BCUT2D eigenvalue weighted by molar-refractivity contribution is 7.98. The first-order valence-corrected chi connectivity index (χ1v) is 7.55. The Kier molecular flexibility index (Phi) is 3.52. The van der Waals surface area contributed by atoms with E-state index in [4.69, 9.17) is 0 Å². The largest absolute Gasteiger partial charge is 0.337 e. The molecule has 2 aromatic rings. The van der Waals surface area contributed by atoms with E-state index >= 15 is 0 Å². The van der Waals surface area contributed by atoms with Gasteiger partial charge in [0, 0.05) is 51.1 Å². The van der Waals surface area contributed by atoms with Crippen LogP contribution in [0.4, 0.5) is 0 Å². The molecule has 1 aliphatic heterocycles. The fraction of sp³-hybridized carbons (Fsp3) is 0.462. The fourth-order valence-corrected chi connectivity index (χ4v) is 2.72. The van der Waals surface area contributed by atoms with Crippen molar-refractivity contribution in [3.05, 3.63) is 35.7 Å². The Morgan fingerprint density at radius 3 is 3.00 bits per heavy atom. The van der Waals surface area contributed by atoms with Crippen LogP contribution in [0, 0.1) is 0 Å². The molecule has 5 nitrogen and oxygen atoms in total. The lowest BCUT2D eigenvalue weighted by atomic mass is 10.1. The molecule has 0 atom stereocenters. The van der Waals surface area contributed by atoms with Gasteiger partial charge in [0.25, 0.3) is 0 Å². The van der Waals surface area contributed by atoms with Crippen molar-refractivity contribution in [3.63, 3.8) is 0 Å². The second-order valence-electron chi connectivity index (χ2n) is 4.79. The van der Waals surface area contributed by atoms with Gasteiger partial charge in [-0.05, 0) is 6.26 Å². The van der Waals surface area contributed by atoms with Crippen molar-refractivity contribution < 1.29 is 0 Å². The van der Waals surface area contributed by atoms with E-state index in [1.165, 1.54) is 17.0 Å². The number of rotatable bonds is 3. The minimum absolute atomic E-state index is 0.874. The molecule has 100 valence electrons. The average molecular weight is 275 g/mol. The van der Waals surface area contributed by atoms with Crippen LogP contribution in [0.5, 0.6) is 0 Å². The number of imidazole rings is 1. The molecule has 0 amide bonds. The molecular weight excluding hydrogens is 258 g/mol. The van der Waals surface area contributed by atoms with E-state index in [0.717, 1.165) is 31.2 Å². The summed E-state index contributed by atoms with van der Waals surface area (Å²) in [6.07, 6.45) is 8.77. The number of fused-ring (bicyclic) bond motifs is 1. The van der Waals surface area contributed by atoms with Gasteiger partial charge in [-0.25, -0.2) is 15.0 Å². The van der Waals surface area contributed by atoms with Gasteiger partial charge < -0.3 is 4.57 Å². The van der Waals surface area contributed by atoms with E-state index in [-0.39, 0.29) is 0 Å². The zero-order valence-electron chi connectivity index (χ0n) is 11.2. The molecule has 6 heteroatoms. The molecule has 0 saturated carbocycles. The minimum atomic E-state index is 0.874. The summed E-state index contributed by atoms with van der Waals surface area (Å²) in [6, 6.07) is 0. The van der Waals surface area contributed by atoms with Gasteiger partial charge in [0.2, 0.25) is 0 Å². The van der Waals surface area contributed by atoms with Crippen LogP contribution < -0.4 is 0 Å². The molecule has 19 heavy (non-hydrogen) atoms. The van der Waals surface area contributed by atoms with Crippen molar-refractivity contribution in [3.8, 4) is 0 Å². The van der Waals surface area contributed by atoms with E-state index in [1.807, 2.05) is 32.0 Å². The normalized spacial score (nSPS) is 15.5. The van der Waals surface area contributed by atoms with Gasteiger partial charge in [-0.1, -0.05) is 11.8 Å². The third-order valence-corrected chi connectivity index (χ3v) is 4.04. The SMILES string of the molecule is CSc1ncc2c(n1)CCN(Cc1cncn1C)C2. The van der Waals surface area contributed by atoms with Crippen LogP contribution in [-0.4, -0.2) is 37.2 Å². The summed E-state index contributed by atoms with van der Waals surface area (Å²) in [7, 11) is 2.04. The average Bonchev–Trinajstić information content (AvgIpc) is 2.84. The minimum Gasteiger partial charge on any atom is -0.337 e. The van der Waals surface area contributed by atoms with Crippen molar-refractivity contribution in [2.45, 2.75) is 24.7 Å². The summed E-state index contributed by atoms with van der Waals surface area (Å²) in [5.41, 5.74) is 3.71. The molecule has 0 saturated heterocycles. The van der Waals surface area contributed by atoms with Gasteiger partial charge in [-0.3, -0.25) is 4.90 Å². The Bertz CT molecular complexity index is 580. The van der Waals surface area contributed by atoms with E-state index in [9.17, 15) is 0 Å². The summed E-state index contributed by atoms with van der Waals surface area (Å²) in [6.45, 7) is 2.90. The Balaban J connectivity index is 1.74. The van der Waals surface area contributed by atoms with Crippen molar-refractivity contribution >= 4 is 11.8 Å². The van der Waals surface area contributed by atoms with Crippen LogP contribution >= 0.6 is 11.8 Å². The molecule has 3 heterocycles. The highest BCUT2D eigenvalue weighted by Gasteiger charge is 2.19. The zero-order chi connectivity index (χ0) is 13.2. The third-order valence-electron chi connectivity index (χ3n) is 3.48. The lowest BCUT2D eigenvalue weighted by Crippen LogP contribution is -2.31. The maximum absolute atomic E-state index is 4.59. The van der Waals surface area contributed by atoms with E-state index in [1.54, 1.807) is 11.8 Å². The Labute approximate surface area is 117 Å². The highest BCUT2D eigenvalue weighted by Crippen LogP contribution is 2.20. The first kappa shape index (κ1) is 12.6. The molecular formula is C13H17N5S. The van der Waals surface area contributed by atoms with E-state index < -0.39 is 0 Å². The standard InChI is InChI=1S/C13H17N5S/c1-17-9-14-6-11(17)8-18-4-3-12-10(7-18)5-15-13(16-12)19-2/h5-6,9H,3-4,7-8H2,1-2H3. The van der Waals surface area contributed by atoms with Crippen LogP contribution in [-0.2, 0) is 26.6 Å². The van der Waals surface area contributed by atoms with Gasteiger partial charge in [-0.15, -0.1) is 0 Å². The second-order valence-corrected chi connectivity index (χ2v) is 5.56. The summed E-state index contributed by atoms with van der Waals surface area (Å²) in [4.78, 5) is 15.5. The molecule has 0 bridgehead atoms.